The zero-order valence-electron chi connectivity index (χ0n) is 20.4. The summed E-state index contributed by atoms with van der Waals surface area (Å²) < 4.78 is 37.9. The van der Waals surface area contributed by atoms with E-state index in [4.69, 9.17) is 9.47 Å². The third-order valence-electron chi connectivity index (χ3n) is 7.08. The molecule has 2 saturated heterocycles. The maximum atomic E-state index is 13.0. The quantitative estimate of drug-likeness (QED) is 0.318. The lowest BCUT2D eigenvalue weighted by Gasteiger charge is -2.41. The molecule has 0 aromatic heterocycles. The van der Waals surface area contributed by atoms with Gasteiger partial charge < -0.3 is 24.2 Å². The summed E-state index contributed by atoms with van der Waals surface area (Å²) in [5.74, 6) is 0.528. The summed E-state index contributed by atoms with van der Waals surface area (Å²) in [7, 11) is 1.10. The first-order chi connectivity index (χ1) is 15.4. The minimum Gasteiger partial charge on any atom is -0.633 e. The van der Waals surface area contributed by atoms with Crippen molar-refractivity contribution in [2.75, 3.05) is 67.1 Å². The molecule has 186 valence electrons. The van der Waals surface area contributed by atoms with Crippen molar-refractivity contribution in [3.63, 3.8) is 0 Å². The molecule has 10 heteroatoms. The van der Waals surface area contributed by atoms with Crippen LogP contribution in [0, 0.1) is 24.5 Å². The summed E-state index contributed by atoms with van der Waals surface area (Å²) in [6.07, 6.45) is 2.65. The van der Waals surface area contributed by atoms with Crippen molar-refractivity contribution in [3.8, 4) is 5.75 Å². The Bertz CT molecular complexity index is 947. The Balaban J connectivity index is 1.46. The first-order valence-electron chi connectivity index (χ1n) is 11.4. The molecule has 1 amide bonds. The van der Waals surface area contributed by atoms with Crippen LogP contribution in [-0.4, -0.2) is 95.3 Å². The molecule has 2 fully saturated rings. The first-order valence-corrected chi connectivity index (χ1v) is 12.9. The molecule has 1 atom stereocenters. The van der Waals surface area contributed by atoms with Gasteiger partial charge >= 0.3 is 0 Å². The van der Waals surface area contributed by atoms with Crippen LogP contribution in [0.15, 0.2) is 17.0 Å². The summed E-state index contributed by atoms with van der Waals surface area (Å²) in [5.41, 5.74) is 1.31. The minimum atomic E-state index is -3.69. The van der Waals surface area contributed by atoms with Gasteiger partial charge in [-0.2, -0.15) is 4.31 Å². The highest BCUT2D eigenvalue weighted by atomic mass is 32.2. The molecule has 2 aliphatic heterocycles. The number of amides is 1. The van der Waals surface area contributed by atoms with Crippen molar-refractivity contribution < 1.29 is 27.3 Å². The fourth-order valence-corrected chi connectivity index (χ4v) is 6.69. The number of aryl methyl sites for hydroxylation is 2. The molecule has 2 aliphatic rings. The molecule has 33 heavy (non-hydrogen) atoms. The van der Waals surface area contributed by atoms with E-state index in [1.807, 2.05) is 0 Å². The average Bonchev–Trinajstić information content (AvgIpc) is 3.04. The van der Waals surface area contributed by atoms with Crippen molar-refractivity contribution >= 4 is 15.9 Å². The Hall–Kier alpha value is -1.72. The molecule has 0 saturated carbocycles. The predicted molar refractivity (Wildman–Crippen MR) is 125 cm³/mol. The number of carbonyl (C=O) groups is 1. The van der Waals surface area contributed by atoms with Gasteiger partial charge in [-0.3, -0.25) is 4.79 Å². The third-order valence-corrected chi connectivity index (χ3v) is 9.24. The second-order valence-electron chi connectivity index (χ2n) is 9.78. The van der Waals surface area contributed by atoms with Crippen LogP contribution >= 0.6 is 0 Å². The molecular weight excluding hydrogens is 446 g/mol. The molecule has 1 aromatic rings. The molecule has 9 nitrogen and oxygen atoms in total. The molecule has 0 bridgehead atoms. The second kappa shape index (κ2) is 9.87. The van der Waals surface area contributed by atoms with Gasteiger partial charge in [0.25, 0.3) is 0 Å². The van der Waals surface area contributed by atoms with Gasteiger partial charge in [0.2, 0.25) is 15.9 Å². The monoisotopic (exact) mass is 483 g/mol. The molecule has 3 rings (SSSR count). The van der Waals surface area contributed by atoms with Gasteiger partial charge in [-0.05, 0) is 49.9 Å². The lowest BCUT2D eigenvalue weighted by Crippen LogP contribution is -2.47. The Morgan fingerprint density at radius 1 is 1.21 bits per heavy atom. The number of likely N-dealkylation sites (N-methyl/N-ethyl adjacent to an activating group) is 1. The summed E-state index contributed by atoms with van der Waals surface area (Å²) in [5, 5.41) is 12.2. The number of carbonyl (C=O) groups excluding carboxylic acids is 1. The van der Waals surface area contributed by atoms with E-state index >= 15 is 0 Å². The van der Waals surface area contributed by atoms with Crippen molar-refractivity contribution in [2.45, 2.75) is 38.0 Å². The van der Waals surface area contributed by atoms with Crippen LogP contribution in [0.2, 0.25) is 0 Å². The zero-order valence-corrected chi connectivity index (χ0v) is 21.2. The van der Waals surface area contributed by atoms with Crippen molar-refractivity contribution in [1.82, 2.24) is 9.21 Å². The van der Waals surface area contributed by atoms with Gasteiger partial charge in [0.15, 0.2) is 0 Å². The third kappa shape index (κ3) is 5.86. The first kappa shape index (κ1) is 25.9. The maximum absolute atomic E-state index is 13.0. The fraction of sp³-hybridized carbons (Fsp3) is 0.696. The summed E-state index contributed by atoms with van der Waals surface area (Å²) in [4.78, 5) is 14.6. The number of piperidine rings is 1. The van der Waals surface area contributed by atoms with Crippen molar-refractivity contribution in [3.05, 3.63) is 28.5 Å². The van der Waals surface area contributed by atoms with Crippen LogP contribution in [0.5, 0.6) is 5.75 Å². The largest absolute Gasteiger partial charge is 0.633 e. The molecule has 2 heterocycles. The number of hydrogen-bond donors (Lipinski definition) is 0. The molecular formula is C23H37N3O6S. The van der Waals surface area contributed by atoms with Crippen LogP contribution in [0.1, 0.15) is 30.4 Å². The van der Waals surface area contributed by atoms with Gasteiger partial charge in [-0.25, -0.2) is 8.42 Å². The van der Waals surface area contributed by atoms with Crippen LogP contribution in [0.25, 0.3) is 0 Å². The Labute approximate surface area is 197 Å². The summed E-state index contributed by atoms with van der Waals surface area (Å²) in [6, 6.07) is 3.40. The van der Waals surface area contributed by atoms with E-state index in [1.54, 1.807) is 45.0 Å². The fourth-order valence-electron chi connectivity index (χ4n) is 5.14. The maximum Gasteiger partial charge on any atom is 0.248 e. The molecule has 0 radical (unpaired) electrons. The van der Waals surface area contributed by atoms with E-state index < -0.39 is 10.0 Å². The molecule has 1 unspecified atom stereocenters. The van der Waals surface area contributed by atoms with Crippen LogP contribution < -0.4 is 4.74 Å². The van der Waals surface area contributed by atoms with Crippen LogP contribution in [0.4, 0.5) is 0 Å². The van der Waals surface area contributed by atoms with Gasteiger partial charge in [-0.1, -0.05) is 0 Å². The highest BCUT2D eigenvalue weighted by molar-refractivity contribution is 7.89. The normalized spacial score (nSPS) is 22.8. The molecule has 0 aliphatic carbocycles. The van der Waals surface area contributed by atoms with E-state index in [-0.39, 0.29) is 40.6 Å². The minimum absolute atomic E-state index is 0.0723. The second-order valence-corrected chi connectivity index (χ2v) is 11.8. The van der Waals surface area contributed by atoms with E-state index in [0.717, 1.165) is 19.3 Å². The van der Waals surface area contributed by atoms with E-state index in [1.165, 1.54) is 11.4 Å². The smallest absolute Gasteiger partial charge is 0.248 e. The van der Waals surface area contributed by atoms with E-state index in [0.29, 0.717) is 43.1 Å². The van der Waals surface area contributed by atoms with Gasteiger partial charge in [0, 0.05) is 38.5 Å². The number of quaternary nitrogens is 1. The van der Waals surface area contributed by atoms with Gasteiger partial charge in [0.1, 0.15) is 12.4 Å². The van der Waals surface area contributed by atoms with Crippen molar-refractivity contribution in [2.24, 2.45) is 5.41 Å². The zero-order chi connectivity index (χ0) is 24.4. The number of rotatable bonds is 8. The number of sulfonamides is 1. The standard InChI is InChI=1S/C23H37N3O6S/c1-18-14-20(31-5)15-19(2)22(18)33(29,30)24(3)11-13-32-16-21(27)25-9-6-23(7-10-25)8-12-26(4,28)17-23/h14-15H,6-13,16-17H2,1-5H3. The van der Waals surface area contributed by atoms with Crippen LogP contribution in [-0.2, 0) is 19.6 Å². The number of hydrogen-bond acceptors (Lipinski definition) is 6. The van der Waals surface area contributed by atoms with Crippen molar-refractivity contribution in [1.29, 1.82) is 0 Å². The number of hydroxylamine groups is 3. The number of nitrogens with zero attached hydrogens (tertiary/aromatic N) is 3. The van der Waals surface area contributed by atoms with Gasteiger partial charge in [0.05, 0.1) is 38.7 Å². The lowest BCUT2D eigenvalue weighted by atomic mass is 9.78. The van der Waals surface area contributed by atoms with E-state index in [9.17, 15) is 18.4 Å². The van der Waals surface area contributed by atoms with E-state index in [2.05, 4.69) is 0 Å². The average molecular weight is 484 g/mol. The molecule has 1 aromatic carbocycles. The highest BCUT2D eigenvalue weighted by Gasteiger charge is 2.45. The Morgan fingerprint density at radius 2 is 1.82 bits per heavy atom. The van der Waals surface area contributed by atoms with Gasteiger partial charge in [-0.15, -0.1) is 0 Å². The summed E-state index contributed by atoms with van der Waals surface area (Å²) in [6.45, 7) is 6.27. The Morgan fingerprint density at radius 3 is 2.33 bits per heavy atom. The Kier molecular flexibility index (Phi) is 7.75. The predicted octanol–water partition coefficient (Wildman–Crippen LogP) is 1.91. The summed E-state index contributed by atoms with van der Waals surface area (Å²) >= 11 is 0. The molecule has 1 spiro atoms. The lowest BCUT2D eigenvalue weighted by molar-refractivity contribution is -0.851. The number of likely N-dealkylation sites (tertiary alicyclic amines) is 2. The number of benzene rings is 1. The highest BCUT2D eigenvalue weighted by Crippen LogP contribution is 2.42. The molecule has 0 N–H and O–H groups in total. The number of ether oxygens (including phenoxy) is 2. The SMILES string of the molecule is COc1cc(C)c(S(=O)(=O)N(C)CCOCC(=O)N2CCC3(CC2)CC[N+](C)([O-])C3)c(C)c1. The van der Waals surface area contributed by atoms with Crippen LogP contribution in [0.3, 0.4) is 0 Å². The number of methoxy groups -OCH3 is 1. The topological polar surface area (TPSA) is 99.2 Å².